The largest absolute Gasteiger partial charge is 0.411 e. The third-order valence-electron chi connectivity index (χ3n) is 2.67. The van der Waals surface area contributed by atoms with Crippen molar-refractivity contribution in [2.24, 2.45) is 0 Å². The van der Waals surface area contributed by atoms with Crippen molar-refractivity contribution in [3.05, 3.63) is 44.1 Å². The van der Waals surface area contributed by atoms with E-state index in [0.29, 0.717) is 5.02 Å². The maximum absolute atomic E-state index is 12.1. The van der Waals surface area contributed by atoms with Crippen molar-refractivity contribution in [1.29, 1.82) is 0 Å². The van der Waals surface area contributed by atoms with Gasteiger partial charge in [0.2, 0.25) is 0 Å². The normalized spacial score (nSPS) is 12.0. The van der Waals surface area contributed by atoms with Crippen molar-refractivity contribution in [3.63, 3.8) is 0 Å². The van der Waals surface area contributed by atoms with Gasteiger partial charge in [0, 0.05) is 5.02 Å². The van der Waals surface area contributed by atoms with Crippen LogP contribution >= 0.6 is 11.6 Å². The number of aromatic nitrogens is 2. The van der Waals surface area contributed by atoms with Crippen LogP contribution in [-0.2, 0) is 11.3 Å². The van der Waals surface area contributed by atoms with Crippen molar-refractivity contribution < 1.29 is 17.9 Å². The monoisotopic (exact) mass is 322 g/mol. The fourth-order valence-electron chi connectivity index (χ4n) is 1.77. The number of hydrogen-bond donors (Lipinski definition) is 1. The number of alkyl halides is 3. The van der Waals surface area contributed by atoms with E-state index in [1.807, 2.05) is 0 Å². The first kappa shape index (κ1) is 15.6. The third-order valence-corrected chi connectivity index (χ3v) is 2.90. The predicted molar refractivity (Wildman–Crippen MR) is 70.7 cm³/mol. The molecule has 0 saturated carbocycles. The minimum atomic E-state index is -4.45. The van der Waals surface area contributed by atoms with E-state index in [2.05, 4.69) is 9.72 Å². The highest BCUT2D eigenvalue weighted by Crippen LogP contribution is 2.14. The lowest BCUT2D eigenvalue weighted by molar-refractivity contribution is -0.174. The van der Waals surface area contributed by atoms with E-state index >= 15 is 0 Å². The second-order valence-electron chi connectivity index (χ2n) is 4.24. The quantitative estimate of drug-likeness (QED) is 0.875. The van der Waals surface area contributed by atoms with Gasteiger partial charge in [-0.05, 0) is 18.2 Å². The average Bonchev–Trinajstić information content (AvgIpc) is 2.35. The summed E-state index contributed by atoms with van der Waals surface area (Å²) in [5.41, 5.74) is -1.07. The van der Waals surface area contributed by atoms with Crippen LogP contribution in [0.5, 0.6) is 0 Å². The first-order valence-corrected chi connectivity index (χ1v) is 6.22. The molecule has 0 aliphatic carbocycles. The fourth-order valence-corrected chi connectivity index (χ4v) is 1.95. The highest BCUT2D eigenvalue weighted by Gasteiger charge is 2.27. The zero-order chi connectivity index (χ0) is 15.6. The van der Waals surface area contributed by atoms with Gasteiger partial charge in [-0.2, -0.15) is 13.2 Å². The molecule has 0 aliphatic heterocycles. The molecule has 0 bridgehead atoms. The van der Waals surface area contributed by atoms with Gasteiger partial charge in [-0.1, -0.05) is 11.6 Å². The van der Waals surface area contributed by atoms with Crippen molar-refractivity contribution in [3.8, 4) is 0 Å². The molecule has 9 heteroatoms. The number of nitrogens with one attached hydrogen (secondary N) is 1. The third kappa shape index (κ3) is 3.85. The summed E-state index contributed by atoms with van der Waals surface area (Å²) in [6.07, 6.45) is -4.45. The molecule has 1 aromatic carbocycles. The summed E-state index contributed by atoms with van der Waals surface area (Å²) in [6.45, 7) is -2.10. The van der Waals surface area contributed by atoms with Gasteiger partial charge in [0.25, 0.3) is 5.56 Å². The topological polar surface area (TPSA) is 64.1 Å². The van der Waals surface area contributed by atoms with E-state index in [0.717, 1.165) is 4.57 Å². The molecule has 2 aromatic rings. The van der Waals surface area contributed by atoms with Crippen LogP contribution in [0.15, 0.2) is 27.8 Å². The van der Waals surface area contributed by atoms with E-state index in [4.69, 9.17) is 11.6 Å². The van der Waals surface area contributed by atoms with Crippen LogP contribution in [0.3, 0.4) is 0 Å². The van der Waals surface area contributed by atoms with Gasteiger partial charge < -0.3 is 9.72 Å². The smallest absolute Gasteiger partial charge is 0.370 e. The summed E-state index contributed by atoms with van der Waals surface area (Å²) < 4.78 is 40.9. The SMILES string of the molecule is O=c1[nH]c2cc(Cl)ccc2c(=O)n1CCOCC(F)(F)F. The molecule has 0 amide bonds. The highest BCUT2D eigenvalue weighted by molar-refractivity contribution is 6.31. The van der Waals surface area contributed by atoms with Gasteiger partial charge >= 0.3 is 11.9 Å². The summed E-state index contributed by atoms with van der Waals surface area (Å²) in [5, 5.41) is 0.568. The van der Waals surface area contributed by atoms with Crippen molar-refractivity contribution in [2.75, 3.05) is 13.2 Å². The van der Waals surface area contributed by atoms with E-state index < -0.39 is 30.6 Å². The zero-order valence-corrected chi connectivity index (χ0v) is 11.3. The first-order valence-electron chi connectivity index (χ1n) is 5.85. The van der Waals surface area contributed by atoms with Crippen LogP contribution in [0.4, 0.5) is 13.2 Å². The summed E-state index contributed by atoms with van der Waals surface area (Å²) in [5.74, 6) is 0. The van der Waals surface area contributed by atoms with Crippen molar-refractivity contribution >= 4 is 22.5 Å². The van der Waals surface area contributed by atoms with Gasteiger partial charge in [-0.25, -0.2) is 4.79 Å². The Balaban J connectivity index is 2.23. The molecule has 114 valence electrons. The van der Waals surface area contributed by atoms with E-state index in [9.17, 15) is 22.8 Å². The van der Waals surface area contributed by atoms with Crippen LogP contribution in [-0.4, -0.2) is 28.9 Å². The number of hydrogen-bond acceptors (Lipinski definition) is 3. The summed E-state index contributed by atoms with van der Waals surface area (Å²) in [4.78, 5) is 26.3. The number of benzene rings is 1. The van der Waals surface area contributed by atoms with Gasteiger partial charge in [0.1, 0.15) is 6.61 Å². The molecule has 5 nitrogen and oxygen atoms in total. The van der Waals surface area contributed by atoms with Gasteiger partial charge in [-0.3, -0.25) is 9.36 Å². The van der Waals surface area contributed by atoms with E-state index in [1.54, 1.807) is 0 Å². The molecule has 0 spiro atoms. The Labute approximate surface area is 120 Å². The Morgan fingerprint density at radius 3 is 2.67 bits per heavy atom. The number of nitrogens with zero attached hydrogens (tertiary/aromatic N) is 1. The Bertz CT molecular complexity index is 767. The van der Waals surface area contributed by atoms with Crippen molar-refractivity contribution in [1.82, 2.24) is 9.55 Å². The number of H-pyrrole nitrogens is 1. The van der Waals surface area contributed by atoms with Crippen LogP contribution in [0, 0.1) is 0 Å². The standard InChI is InChI=1S/C12H10ClF3N2O3/c13-7-1-2-8-9(5-7)17-11(20)18(10(8)19)3-4-21-6-12(14,15)16/h1-2,5H,3-4,6H2,(H,17,20). The Morgan fingerprint density at radius 2 is 2.00 bits per heavy atom. The summed E-state index contributed by atoms with van der Waals surface area (Å²) >= 11 is 5.75. The number of ether oxygens (including phenoxy) is 1. The van der Waals surface area contributed by atoms with Crippen molar-refractivity contribution in [2.45, 2.75) is 12.7 Å². The minimum Gasteiger partial charge on any atom is -0.370 e. The Morgan fingerprint density at radius 1 is 1.29 bits per heavy atom. The van der Waals surface area contributed by atoms with E-state index in [1.165, 1.54) is 18.2 Å². The van der Waals surface area contributed by atoms with Crippen LogP contribution in [0.25, 0.3) is 10.9 Å². The zero-order valence-electron chi connectivity index (χ0n) is 10.5. The molecule has 21 heavy (non-hydrogen) atoms. The molecule has 0 saturated heterocycles. The molecule has 1 heterocycles. The minimum absolute atomic E-state index is 0.217. The Hall–Kier alpha value is -1.80. The molecule has 1 aromatic heterocycles. The number of aromatic amines is 1. The highest BCUT2D eigenvalue weighted by atomic mass is 35.5. The first-order chi connectivity index (χ1) is 9.78. The number of rotatable bonds is 4. The van der Waals surface area contributed by atoms with Gasteiger partial charge in [0.15, 0.2) is 0 Å². The molecule has 0 radical (unpaired) electrons. The van der Waals surface area contributed by atoms with E-state index in [-0.39, 0.29) is 17.4 Å². The van der Waals surface area contributed by atoms with Crippen LogP contribution in [0.1, 0.15) is 0 Å². The van der Waals surface area contributed by atoms with Gasteiger partial charge in [0.05, 0.1) is 24.1 Å². The fraction of sp³-hybridized carbons (Fsp3) is 0.333. The van der Waals surface area contributed by atoms with Crippen LogP contribution in [0.2, 0.25) is 5.02 Å². The second kappa shape index (κ2) is 5.90. The Kier molecular flexibility index (Phi) is 4.38. The maximum atomic E-state index is 12.1. The van der Waals surface area contributed by atoms with Gasteiger partial charge in [-0.15, -0.1) is 0 Å². The lowest BCUT2D eigenvalue weighted by Gasteiger charge is -2.09. The summed E-state index contributed by atoms with van der Waals surface area (Å²) in [7, 11) is 0. The molecule has 2 rings (SSSR count). The molecule has 0 fully saturated rings. The lowest BCUT2D eigenvalue weighted by Crippen LogP contribution is -2.36. The lowest BCUT2D eigenvalue weighted by atomic mass is 10.2. The molecule has 0 aliphatic rings. The van der Waals surface area contributed by atoms with Crippen LogP contribution < -0.4 is 11.2 Å². The summed E-state index contributed by atoms with van der Waals surface area (Å²) in [6, 6.07) is 4.33. The second-order valence-corrected chi connectivity index (χ2v) is 4.68. The predicted octanol–water partition coefficient (Wildman–Crippen LogP) is 1.92. The molecule has 0 atom stereocenters. The number of fused-ring (bicyclic) bond motifs is 1. The maximum Gasteiger partial charge on any atom is 0.411 e. The molecule has 0 unspecified atom stereocenters. The molecular weight excluding hydrogens is 313 g/mol. The average molecular weight is 323 g/mol. The number of halogens is 4. The molecule has 1 N–H and O–H groups in total. The molecular formula is C12H10ClF3N2O3.